The quantitative estimate of drug-likeness (QED) is 0.484. The first-order valence-corrected chi connectivity index (χ1v) is 8.73. The van der Waals surface area contributed by atoms with Crippen molar-refractivity contribution >= 4 is 23.5 Å². The molecule has 1 aromatic carbocycles. The molecule has 0 bridgehead atoms. The molecule has 1 unspecified atom stereocenters. The Labute approximate surface area is 149 Å². The van der Waals surface area contributed by atoms with Crippen molar-refractivity contribution < 1.29 is 19.3 Å². The molecular formula is C18H29N4O3+. The van der Waals surface area contributed by atoms with Crippen molar-refractivity contribution in [3.63, 3.8) is 0 Å². The number of unbranched alkanes of at least 4 members (excludes halogenated alkanes) is 1. The molecule has 1 rings (SSSR count). The van der Waals surface area contributed by atoms with Crippen LogP contribution in [0.3, 0.4) is 0 Å². The van der Waals surface area contributed by atoms with Crippen LogP contribution in [0.1, 0.15) is 32.3 Å². The Morgan fingerprint density at radius 2 is 1.72 bits per heavy atom. The van der Waals surface area contributed by atoms with Crippen molar-refractivity contribution in [1.29, 1.82) is 0 Å². The number of quaternary nitrogens is 1. The fourth-order valence-corrected chi connectivity index (χ4v) is 2.35. The summed E-state index contributed by atoms with van der Waals surface area (Å²) < 4.78 is 0. The number of carbonyl (C=O) groups excluding carboxylic acids is 3. The Morgan fingerprint density at radius 3 is 2.40 bits per heavy atom. The Morgan fingerprint density at radius 1 is 1.04 bits per heavy atom. The van der Waals surface area contributed by atoms with Gasteiger partial charge in [0.1, 0.15) is 0 Å². The lowest BCUT2D eigenvalue weighted by Crippen LogP contribution is -3.11. The molecule has 4 N–H and O–H groups in total. The zero-order chi connectivity index (χ0) is 18.7. The first-order valence-electron chi connectivity index (χ1n) is 8.73. The third-order valence-electron chi connectivity index (χ3n) is 3.67. The van der Waals surface area contributed by atoms with Crippen molar-refractivity contribution in [1.82, 2.24) is 10.6 Å². The molecule has 0 spiro atoms. The van der Waals surface area contributed by atoms with E-state index < -0.39 is 11.9 Å². The zero-order valence-corrected chi connectivity index (χ0v) is 15.3. The number of benzene rings is 1. The lowest BCUT2D eigenvalue weighted by atomic mass is 10.1. The standard InChI is InChI=1S/C18H28N4O3/c1-4-6-11-19-18(25)21-17(24)13-22(3)12-16(23)20-15-10-8-7-9-14(15)5-2/h7-10H,4-6,11-13H2,1-3H3,(H,20,23)(H2,19,21,24,25)/p+1. The summed E-state index contributed by atoms with van der Waals surface area (Å²) in [4.78, 5) is 36.2. The lowest BCUT2D eigenvalue weighted by molar-refractivity contribution is -0.862. The molecule has 0 saturated carbocycles. The minimum Gasteiger partial charge on any atom is -0.338 e. The highest BCUT2D eigenvalue weighted by Gasteiger charge is 2.16. The molecule has 4 amide bonds. The largest absolute Gasteiger partial charge is 0.338 e. The van der Waals surface area contributed by atoms with E-state index in [-0.39, 0.29) is 19.0 Å². The SMILES string of the molecule is CCCCNC(=O)NC(=O)C[NH+](C)CC(=O)Nc1ccccc1CC. The van der Waals surface area contributed by atoms with E-state index in [0.29, 0.717) is 11.4 Å². The van der Waals surface area contributed by atoms with Crippen LogP contribution in [0.2, 0.25) is 0 Å². The van der Waals surface area contributed by atoms with Crippen LogP contribution in [-0.4, -0.2) is 44.5 Å². The van der Waals surface area contributed by atoms with Gasteiger partial charge in [0.2, 0.25) is 0 Å². The maximum absolute atomic E-state index is 12.1. The van der Waals surface area contributed by atoms with E-state index in [9.17, 15) is 14.4 Å². The van der Waals surface area contributed by atoms with Crippen molar-refractivity contribution in [3.8, 4) is 0 Å². The van der Waals surface area contributed by atoms with Crippen LogP contribution in [0, 0.1) is 0 Å². The number of rotatable bonds is 9. The normalized spacial score (nSPS) is 11.5. The number of anilines is 1. The number of likely N-dealkylation sites (N-methyl/N-ethyl adjacent to an activating group) is 1. The van der Waals surface area contributed by atoms with Gasteiger partial charge in [-0.2, -0.15) is 0 Å². The Balaban J connectivity index is 2.37. The highest BCUT2D eigenvalue weighted by atomic mass is 16.2. The summed E-state index contributed by atoms with van der Waals surface area (Å²) in [6.45, 7) is 4.77. The van der Waals surface area contributed by atoms with Gasteiger partial charge in [0.05, 0.1) is 7.05 Å². The van der Waals surface area contributed by atoms with Crippen molar-refractivity contribution in [2.75, 3.05) is 32.0 Å². The number of hydrogen-bond acceptors (Lipinski definition) is 3. The van der Waals surface area contributed by atoms with Crippen LogP contribution < -0.4 is 20.9 Å². The minimum atomic E-state index is -0.493. The van der Waals surface area contributed by atoms with Crippen molar-refractivity contribution in [2.45, 2.75) is 33.1 Å². The molecule has 0 aliphatic heterocycles. The van der Waals surface area contributed by atoms with Gasteiger partial charge >= 0.3 is 6.03 Å². The molecule has 0 aliphatic rings. The Bertz CT molecular complexity index is 589. The van der Waals surface area contributed by atoms with E-state index in [4.69, 9.17) is 0 Å². The van der Waals surface area contributed by atoms with Gasteiger partial charge in [0.25, 0.3) is 11.8 Å². The van der Waals surface area contributed by atoms with Gasteiger partial charge in [-0.25, -0.2) is 4.79 Å². The van der Waals surface area contributed by atoms with Gasteiger partial charge in [-0.3, -0.25) is 14.9 Å². The maximum Gasteiger partial charge on any atom is 0.321 e. The topological polar surface area (TPSA) is 91.7 Å². The molecule has 0 radical (unpaired) electrons. The number of para-hydroxylation sites is 1. The fraction of sp³-hybridized carbons (Fsp3) is 0.500. The molecule has 1 atom stereocenters. The molecule has 0 fully saturated rings. The van der Waals surface area contributed by atoms with Gasteiger partial charge in [0.15, 0.2) is 13.1 Å². The fourth-order valence-electron chi connectivity index (χ4n) is 2.35. The third-order valence-corrected chi connectivity index (χ3v) is 3.67. The predicted octanol–water partition coefficient (Wildman–Crippen LogP) is 0.328. The number of aryl methyl sites for hydroxylation is 1. The first-order chi connectivity index (χ1) is 12.0. The van der Waals surface area contributed by atoms with Crippen LogP contribution in [-0.2, 0) is 16.0 Å². The van der Waals surface area contributed by atoms with Crippen LogP contribution >= 0.6 is 0 Å². The highest BCUT2D eigenvalue weighted by Crippen LogP contribution is 2.14. The van der Waals surface area contributed by atoms with E-state index in [1.54, 1.807) is 7.05 Å². The smallest absolute Gasteiger partial charge is 0.321 e. The second-order valence-electron chi connectivity index (χ2n) is 6.03. The molecule has 138 valence electrons. The third kappa shape index (κ3) is 8.30. The molecule has 25 heavy (non-hydrogen) atoms. The molecule has 7 nitrogen and oxygen atoms in total. The van der Waals surface area contributed by atoms with E-state index in [2.05, 4.69) is 16.0 Å². The molecule has 0 heterocycles. The molecular weight excluding hydrogens is 320 g/mol. The summed E-state index contributed by atoms with van der Waals surface area (Å²) in [6.07, 6.45) is 2.66. The number of amides is 4. The van der Waals surface area contributed by atoms with Crippen LogP contribution in [0.4, 0.5) is 10.5 Å². The molecule has 0 aromatic heterocycles. The van der Waals surface area contributed by atoms with E-state index in [1.165, 1.54) is 0 Å². The van der Waals surface area contributed by atoms with Crippen LogP contribution in [0.25, 0.3) is 0 Å². The van der Waals surface area contributed by atoms with Gasteiger partial charge < -0.3 is 15.5 Å². The maximum atomic E-state index is 12.1. The number of nitrogens with one attached hydrogen (secondary N) is 4. The lowest BCUT2D eigenvalue weighted by Gasteiger charge is -2.14. The summed E-state index contributed by atoms with van der Waals surface area (Å²) in [5.74, 6) is -0.577. The Hall–Kier alpha value is -2.41. The van der Waals surface area contributed by atoms with Gasteiger partial charge in [-0.1, -0.05) is 38.5 Å². The summed E-state index contributed by atoms with van der Waals surface area (Å²) in [7, 11) is 1.74. The summed E-state index contributed by atoms with van der Waals surface area (Å²) in [6, 6.07) is 7.14. The zero-order valence-electron chi connectivity index (χ0n) is 15.3. The molecule has 7 heteroatoms. The Kier molecular flexibility index (Phi) is 9.24. The summed E-state index contributed by atoms with van der Waals surface area (Å²) in [5.41, 5.74) is 1.86. The van der Waals surface area contributed by atoms with Crippen molar-refractivity contribution in [2.24, 2.45) is 0 Å². The second-order valence-corrected chi connectivity index (χ2v) is 6.03. The van der Waals surface area contributed by atoms with Crippen LogP contribution in [0.15, 0.2) is 24.3 Å². The average molecular weight is 349 g/mol. The average Bonchev–Trinajstić information content (AvgIpc) is 2.55. The number of hydrogen-bond donors (Lipinski definition) is 4. The number of carbonyl (C=O) groups is 3. The molecule has 0 saturated heterocycles. The van der Waals surface area contributed by atoms with E-state index in [0.717, 1.165) is 30.5 Å². The number of imide groups is 1. The second kappa shape index (κ2) is 11.2. The molecule has 1 aromatic rings. The van der Waals surface area contributed by atoms with Crippen LogP contribution in [0.5, 0.6) is 0 Å². The highest BCUT2D eigenvalue weighted by molar-refractivity contribution is 5.95. The monoisotopic (exact) mass is 349 g/mol. The van der Waals surface area contributed by atoms with E-state index >= 15 is 0 Å². The molecule has 0 aliphatic carbocycles. The summed E-state index contributed by atoms with van der Waals surface area (Å²) >= 11 is 0. The van der Waals surface area contributed by atoms with Crippen molar-refractivity contribution in [3.05, 3.63) is 29.8 Å². The number of urea groups is 1. The first kappa shape index (κ1) is 20.6. The van der Waals surface area contributed by atoms with Gasteiger partial charge in [-0.05, 0) is 24.5 Å². The minimum absolute atomic E-state index is 0.0457. The van der Waals surface area contributed by atoms with Gasteiger partial charge in [0, 0.05) is 12.2 Å². The predicted molar refractivity (Wildman–Crippen MR) is 97.5 cm³/mol. The summed E-state index contributed by atoms with van der Waals surface area (Å²) in [5, 5.41) is 7.75. The van der Waals surface area contributed by atoms with Gasteiger partial charge in [-0.15, -0.1) is 0 Å². The van der Waals surface area contributed by atoms with E-state index in [1.807, 2.05) is 38.1 Å².